The van der Waals surface area contributed by atoms with Crippen LogP contribution in [0.5, 0.6) is 11.5 Å². The number of hydrogen-bond acceptors (Lipinski definition) is 5. The number of phenols is 1. The Bertz CT molecular complexity index is 837. The largest absolute Gasteiger partial charge is 0.508 e. The highest BCUT2D eigenvalue weighted by Crippen LogP contribution is 2.26. The second-order valence-corrected chi connectivity index (χ2v) is 22.8. The topological polar surface area (TPSA) is 65.0 Å². The van der Waals surface area contributed by atoms with Crippen molar-refractivity contribution in [2.24, 2.45) is 0 Å². The van der Waals surface area contributed by atoms with Crippen LogP contribution in [0.25, 0.3) is 0 Å². The van der Waals surface area contributed by atoms with Crippen molar-refractivity contribution < 1.29 is 22.9 Å². The maximum absolute atomic E-state index is 12.5. The fourth-order valence-corrected chi connectivity index (χ4v) is 16.0. The number of ketones is 1. The van der Waals surface area contributed by atoms with Gasteiger partial charge in [0.05, 0.1) is 6.61 Å². The summed E-state index contributed by atoms with van der Waals surface area (Å²) in [6.07, 6.45) is 0.867. The lowest BCUT2D eigenvalue weighted by molar-refractivity contribution is 0.103. The van der Waals surface area contributed by atoms with Gasteiger partial charge in [-0.15, -0.1) is 0 Å². The molecule has 0 aliphatic carbocycles. The van der Waals surface area contributed by atoms with E-state index in [1.807, 2.05) is 12.1 Å². The Morgan fingerprint density at radius 2 is 1.23 bits per heavy atom. The smallest absolute Gasteiger partial charge is 0.314 e. The first-order chi connectivity index (χ1) is 14.3. The standard InChI is InChI=1S/C23H36O5Si3/c1-29(2,3)27-31(7,28-30(4,5)6)18-8-17-26-22-15-11-20(12-16-22)23(25)19-9-13-21(24)14-10-19/h9-16,24H,8,17-18H2,1-7H3. The summed E-state index contributed by atoms with van der Waals surface area (Å²) in [5.74, 6) is 0.799. The lowest BCUT2D eigenvalue weighted by atomic mass is 10.0. The summed E-state index contributed by atoms with van der Waals surface area (Å²) in [7, 11) is -5.63. The number of hydrogen-bond donors (Lipinski definition) is 1. The summed E-state index contributed by atoms with van der Waals surface area (Å²) in [4.78, 5) is 12.5. The molecule has 0 aromatic heterocycles. The van der Waals surface area contributed by atoms with Crippen molar-refractivity contribution in [1.29, 1.82) is 0 Å². The molecule has 0 aliphatic heterocycles. The zero-order valence-electron chi connectivity index (χ0n) is 19.8. The predicted molar refractivity (Wildman–Crippen MR) is 133 cm³/mol. The third-order valence-electron chi connectivity index (χ3n) is 4.33. The summed E-state index contributed by atoms with van der Waals surface area (Å²) < 4.78 is 19.0. The molecule has 0 saturated heterocycles. The molecular weight excluding hydrogens is 441 g/mol. The number of benzene rings is 2. The minimum absolute atomic E-state index is 0.0830. The Hall–Kier alpha value is -1.72. The molecule has 0 amide bonds. The highest BCUT2D eigenvalue weighted by atomic mass is 28.5. The van der Waals surface area contributed by atoms with Crippen molar-refractivity contribution in [3.63, 3.8) is 0 Å². The molecule has 2 rings (SSSR count). The van der Waals surface area contributed by atoms with Crippen molar-refractivity contribution in [3.05, 3.63) is 59.7 Å². The normalized spacial score (nSPS) is 12.6. The van der Waals surface area contributed by atoms with Crippen molar-refractivity contribution >= 4 is 31.0 Å². The Morgan fingerprint density at radius 3 is 1.68 bits per heavy atom. The molecule has 2 aromatic rings. The van der Waals surface area contributed by atoms with Gasteiger partial charge in [-0.2, -0.15) is 0 Å². The minimum Gasteiger partial charge on any atom is -0.508 e. The molecule has 0 heterocycles. The lowest BCUT2D eigenvalue weighted by Crippen LogP contribution is -2.52. The monoisotopic (exact) mass is 476 g/mol. The lowest BCUT2D eigenvalue weighted by Gasteiger charge is -2.38. The number of aromatic hydroxyl groups is 1. The van der Waals surface area contributed by atoms with Crippen LogP contribution < -0.4 is 4.74 Å². The van der Waals surface area contributed by atoms with E-state index in [4.69, 9.17) is 13.0 Å². The molecule has 0 fully saturated rings. The van der Waals surface area contributed by atoms with E-state index >= 15 is 0 Å². The summed E-state index contributed by atoms with van der Waals surface area (Å²) >= 11 is 0. The summed E-state index contributed by atoms with van der Waals surface area (Å²) in [5.41, 5.74) is 1.13. The predicted octanol–water partition coefficient (Wildman–Crippen LogP) is 6.17. The Kier molecular flexibility index (Phi) is 8.46. The second-order valence-electron chi connectivity index (χ2n) is 9.92. The zero-order chi connectivity index (χ0) is 23.3. The molecule has 0 saturated carbocycles. The van der Waals surface area contributed by atoms with Gasteiger partial charge in [-0.3, -0.25) is 4.79 Å². The Morgan fingerprint density at radius 1 is 0.774 bits per heavy atom. The first-order valence-electron chi connectivity index (χ1n) is 10.7. The van der Waals surface area contributed by atoms with Crippen LogP contribution >= 0.6 is 0 Å². The number of rotatable bonds is 11. The van der Waals surface area contributed by atoms with Gasteiger partial charge in [0.25, 0.3) is 0 Å². The van der Waals surface area contributed by atoms with Gasteiger partial charge in [0, 0.05) is 11.1 Å². The fraction of sp³-hybridized carbons (Fsp3) is 0.435. The van der Waals surface area contributed by atoms with Gasteiger partial charge in [-0.05, 0) is 107 Å². The van der Waals surface area contributed by atoms with Gasteiger partial charge >= 0.3 is 8.56 Å². The number of carbonyl (C=O) groups is 1. The maximum Gasteiger partial charge on any atom is 0.314 e. The van der Waals surface area contributed by atoms with Crippen molar-refractivity contribution in [1.82, 2.24) is 0 Å². The molecule has 5 nitrogen and oxygen atoms in total. The van der Waals surface area contributed by atoms with Crippen LogP contribution in [0, 0.1) is 0 Å². The van der Waals surface area contributed by atoms with Gasteiger partial charge in [-0.25, -0.2) is 0 Å². The van der Waals surface area contributed by atoms with Crippen molar-refractivity contribution in [2.75, 3.05) is 6.61 Å². The van der Waals surface area contributed by atoms with E-state index in [2.05, 4.69) is 45.8 Å². The zero-order valence-corrected chi connectivity index (χ0v) is 22.8. The maximum atomic E-state index is 12.5. The van der Waals surface area contributed by atoms with Gasteiger partial charge in [0.2, 0.25) is 0 Å². The molecule has 0 unspecified atom stereocenters. The van der Waals surface area contributed by atoms with Crippen LogP contribution in [0.4, 0.5) is 0 Å². The van der Waals surface area contributed by atoms with Gasteiger partial charge in [-0.1, -0.05) is 0 Å². The molecule has 1 N–H and O–H groups in total. The SMILES string of the molecule is C[Si](C)(C)O[Si](C)(CCCOc1ccc(C(=O)c2ccc(O)cc2)cc1)O[Si](C)(C)C. The quantitative estimate of drug-likeness (QED) is 0.239. The molecule has 8 heteroatoms. The van der Waals surface area contributed by atoms with E-state index in [1.165, 1.54) is 12.1 Å². The molecule has 0 bridgehead atoms. The molecular formula is C23H36O5Si3. The van der Waals surface area contributed by atoms with E-state index in [0.717, 1.165) is 18.2 Å². The van der Waals surface area contributed by atoms with Crippen LogP contribution in [0.3, 0.4) is 0 Å². The van der Waals surface area contributed by atoms with E-state index in [-0.39, 0.29) is 11.5 Å². The summed E-state index contributed by atoms with van der Waals surface area (Å²) in [6, 6.07) is 14.3. The van der Waals surface area contributed by atoms with Gasteiger partial charge in [0.1, 0.15) is 11.5 Å². The van der Waals surface area contributed by atoms with Crippen LogP contribution in [-0.2, 0) is 8.23 Å². The summed E-state index contributed by atoms with van der Waals surface area (Å²) in [6.45, 7) is 16.0. The highest BCUT2D eigenvalue weighted by molar-refractivity contribution is 6.87. The molecule has 170 valence electrons. The van der Waals surface area contributed by atoms with Crippen molar-refractivity contribution in [2.45, 2.75) is 58.3 Å². The molecule has 2 aromatic carbocycles. The van der Waals surface area contributed by atoms with Crippen LogP contribution in [0.1, 0.15) is 22.3 Å². The van der Waals surface area contributed by atoms with E-state index in [0.29, 0.717) is 17.7 Å². The Labute approximate surface area is 189 Å². The molecule has 31 heavy (non-hydrogen) atoms. The van der Waals surface area contributed by atoms with Crippen LogP contribution in [0.2, 0.25) is 51.9 Å². The molecule has 0 atom stereocenters. The first-order valence-corrected chi connectivity index (χ1v) is 20.1. The van der Waals surface area contributed by atoms with E-state index < -0.39 is 25.2 Å². The highest BCUT2D eigenvalue weighted by Gasteiger charge is 2.39. The molecule has 0 aliphatic rings. The van der Waals surface area contributed by atoms with Crippen LogP contribution in [0.15, 0.2) is 48.5 Å². The van der Waals surface area contributed by atoms with Gasteiger partial charge in [0.15, 0.2) is 22.4 Å². The summed E-state index contributed by atoms with van der Waals surface area (Å²) in [5, 5.41) is 9.37. The number of carbonyl (C=O) groups excluding carboxylic acids is 1. The number of ether oxygens (including phenoxy) is 1. The minimum atomic E-state index is -2.24. The van der Waals surface area contributed by atoms with Crippen LogP contribution in [-0.4, -0.2) is 42.7 Å². The van der Waals surface area contributed by atoms with Crippen molar-refractivity contribution in [3.8, 4) is 11.5 Å². The average Bonchev–Trinajstić information content (AvgIpc) is 2.63. The van der Waals surface area contributed by atoms with E-state index in [1.54, 1.807) is 24.3 Å². The number of phenolic OH excluding ortho intramolecular Hbond substituents is 1. The first kappa shape index (κ1) is 25.5. The Balaban J connectivity index is 1.91. The average molecular weight is 477 g/mol. The third-order valence-corrected chi connectivity index (χ3v) is 13.9. The fourth-order valence-electron chi connectivity index (χ4n) is 3.48. The van der Waals surface area contributed by atoms with E-state index in [9.17, 15) is 9.90 Å². The molecule has 0 radical (unpaired) electrons. The molecule has 0 spiro atoms. The van der Waals surface area contributed by atoms with Gasteiger partial charge < -0.3 is 18.1 Å². The second kappa shape index (κ2) is 10.3. The third kappa shape index (κ3) is 9.12.